The van der Waals surface area contributed by atoms with Crippen LogP contribution in [0.25, 0.3) is 0 Å². The largest absolute Gasteiger partial charge is 0.497 e. The molecule has 3 rings (SSSR count). The SMILES string of the molecule is CCOc1ccc(CNC(=O)NC2COc3ccc(OC)cc3C2)cc1. The molecule has 2 N–H and O–H groups in total. The molecule has 0 fully saturated rings. The maximum absolute atomic E-state index is 12.2. The van der Waals surface area contributed by atoms with Crippen molar-refractivity contribution in [3.05, 3.63) is 53.6 Å². The monoisotopic (exact) mass is 356 g/mol. The lowest BCUT2D eigenvalue weighted by Gasteiger charge is -2.26. The molecule has 2 amide bonds. The minimum atomic E-state index is -0.209. The molecule has 0 saturated heterocycles. The number of urea groups is 1. The third-order valence-electron chi connectivity index (χ3n) is 4.20. The molecule has 6 nitrogen and oxygen atoms in total. The highest BCUT2D eigenvalue weighted by Gasteiger charge is 2.21. The van der Waals surface area contributed by atoms with Crippen molar-refractivity contribution in [1.29, 1.82) is 0 Å². The molecule has 1 aliphatic heterocycles. The fourth-order valence-electron chi connectivity index (χ4n) is 2.88. The average Bonchev–Trinajstić information content (AvgIpc) is 2.67. The van der Waals surface area contributed by atoms with E-state index in [0.717, 1.165) is 28.4 Å². The third-order valence-corrected chi connectivity index (χ3v) is 4.20. The van der Waals surface area contributed by atoms with Gasteiger partial charge in [0, 0.05) is 6.54 Å². The number of carbonyl (C=O) groups is 1. The van der Waals surface area contributed by atoms with Gasteiger partial charge in [0.2, 0.25) is 0 Å². The highest BCUT2D eigenvalue weighted by molar-refractivity contribution is 5.74. The highest BCUT2D eigenvalue weighted by Crippen LogP contribution is 2.28. The van der Waals surface area contributed by atoms with Gasteiger partial charge in [-0.15, -0.1) is 0 Å². The lowest BCUT2D eigenvalue weighted by atomic mass is 10.0. The molecule has 1 atom stereocenters. The quantitative estimate of drug-likeness (QED) is 0.835. The van der Waals surface area contributed by atoms with Gasteiger partial charge in [0.1, 0.15) is 23.9 Å². The third kappa shape index (κ3) is 4.59. The summed E-state index contributed by atoms with van der Waals surface area (Å²) in [5.74, 6) is 2.46. The smallest absolute Gasteiger partial charge is 0.315 e. The Labute approximate surface area is 153 Å². The molecule has 1 unspecified atom stereocenters. The Balaban J connectivity index is 1.49. The van der Waals surface area contributed by atoms with Crippen molar-refractivity contribution in [1.82, 2.24) is 10.6 Å². The first-order valence-corrected chi connectivity index (χ1v) is 8.73. The van der Waals surface area contributed by atoms with Crippen molar-refractivity contribution in [2.75, 3.05) is 20.3 Å². The molecule has 0 bridgehead atoms. The molecule has 0 aliphatic carbocycles. The maximum atomic E-state index is 12.2. The van der Waals surface area contributed by atoms with Crippen molar-refractivity contribution in [2.24, 2.45) is 0 Å². The van der Waals surface area contributed by atoms with E-state index >= 15 is 0 Å². The number of benzene rings is 2. The van der Waals surface area contributed by atoms with Crippen LogP contribution in [0.1, 0.15) is 18.1 Å². The van der Waals surface area contributed by atoms with Crippen molar-refractivity contribution >= 4 is 6.03 Å². The van der Waals surface area contributed by atoms with Crippen LogP contribution in [0.5, 0.6) is 17.2 Å². The Morgan fingerprint density at radius 1 is 1.19 bits per heavy atom. The molecule has 1 aliphatic rings. The van der Waals surface area contributed by atoms with Crippen molar-refractivity contribution in [3.63, 3.8) is 0 Å². The molecule has 138 valence electrons. The van der Waals surface area contributed by atoms with E-state index in [0.29, 0.717) is 26.2 Å². The molecular weight excluding hydrogens is 332 g/mol. The Morgan fingerprint density at radius 3 is 2.69 bits per heavy atom. The molecule has 2 aromatic carbocycles. The number of hydrogen-bond acceptors (Lipinski definition) is 4. The molecular formula is C20H24N2O4. The molecule has 1 heterocycles. The van der Waals surface area contributed by atoms with Crippen LogP contribution in [0.15, 0.2) is 42.5 Å². The second-order valence-electron chi connectivity index (χ2n) is 6.09. The first-order valence-electron chi connectivity index (χ1n) is 8.73. The number of nitrogens with one attached hydrogen (secondary N) is 2. The topological polar surface area (TPSA) is 68.8 Å². The minimum absolute atomic E-state index is 0.0741. The van der Waals surface area contributed by atoms with Gasteiger partial charge in [0.05, 0.1) is 19.8 Å². The van der Waals surface area contributed by atoms with E-state index in [4.69, 9.17) is 14.2 Å². The number of methoxy groups -OCH3 is 1. The number of amides is 2. The van der Waals surface area contributed by atoms with Gasteiger partial charge in [-0.05, 0) is 54.8 Å². The van der Waals surface area contributed by atoms with Crippen molar-refractivity contribution in [3.8, 4) is 17.2 Å². The van der Waals surface area contributed by atoms with E-state index in [-0.39, 0.29) is 12.1 Å². The van der Waals surface area contributed by atoms with Gasteiger partial charge in [0.15, 0.2) is 0 Å². The van der Waals surface area contributed by atoms with Crippen LogP contribution >= 0.6 is 0 Å². The summed E-state index contributed by atoms with van der Waals surface area (Å²) in [4.78, 5) is 12.2. The lowest BCUT2D eigenvalue weighted by molar-refractivity contribution is 0.214. The van der Waals surface area contributed by atoms with Crippen LogP contribution in [0.4, 0.5) is 4.79 Å². The lowest BCUT2D eigenvalue weighted by Crippen LogP contribution is -2.47. The van der Waals surface area contributed by atoms with E-state index in [9.17, 15) is 4.79 Å². The van der Waals surface area contributed by atoms with Gasteiger partial charge in [-0.3, -0.25) is 0 Å². The highest BCUT2D eigenvalue weighted by atomic mass is 16.5. The Morgan fingerprint density at radius 2 is 1.96 bits per heavy atom. The van der Waals surface area contributed by atoms with Gasteiger partial charge in [-0.1, -0.05) is 12.1 Å². The Bertz CT molecular complexity index is 746. The summed E-state index contributed by atoms with van der Waals surface area (Å²) >= 11 is 0. The minimum Gasteiger partial charge on any atom is -0.497 e. The number of fused-ring (bicyclic) bond motifs is 1. The average molecular weight is 356 g/mol. The summed E-state index contributed by atoms with van der Waals surface area (Å²) in [5.41, 5.74) is 2.05. The molecule has 0 spiro atoms. The van der Waals surface area contributed by atoms with Gasteiger partial charge in [0.25, 0.3) is 0 Å². The fraction of sp³-hybridized carbons (Fsp3) is 0.350. The van der Waals surface area contributed by atoms with Crippen molar-refractivity contribution < 1.29 is 19.0 Å². The van der Waals surface area contributed by atoms with E-state index in [2.05, 4.69) is 10.6 Å². The molecule has 0 radical (unpaired) electrons. The summed E-state index contributed by atoms with van der Waals surface area (Å²) in [6.07, 6.45) is 0.711. The molecule has 0 saturated carbocycles. The van der Waals surface area contributed by atoms with E-state index < -0.39 is 0 Å². The number of hydrogen-bond donors (Lipinski definition) is 2. The zero-order chi connectivity index (χ0) is 18.4. The Kier molecular flexibility index (Phi) is 5.84. The van der Waals surface area contributed by atoms with Crippen LogP contribution in [0.3, 0.4) is 0 Å². The van der Waals surface area contributed by atoms with Crippen LogP contribution in [0.2, 0.25) is 0 Å². The Hall–Kier alpha value is -2.89. The summed E-state index contributed by atoms with van der Waals surface area (Å²) in [5, 5.41) is 5.83. The summed E-state index contributed by atoms with van der Waals surface area (Å²) in [6, 6.07) is 13.1. The molecule has 6 heteroatoms. The van der Waals surface area contributed by atoms with Crippen LogP contribution < -0.4 is 24.8 Å². The number of ether oxygens (including phenoxy) is 3. The second kappa shape index (κ2) is 8.47. The standard InChI is InChI=1S/C20H24N2O4/c1-3-25-17-6-4-14(5-7-17)12-21-20(23)22-16-10-15-11-18(24-2)8-9-19(15)26-13-16/h4-9,11,16H,3,10,12-13H2,1-2H3,(H2,21,22,23). The van der Waals surface area contributed by atoms with Crippen LogP contribution in [-0.2, 0) is 13.0 Å². The summed E-state index contributed by atoms with van der Waals surface area (Å²) in [6.45, 7) is 3.49. The molecule has 0 aromatic heterocycles. The predicted octanol–water partition coefficient (Wildman–Crippen LogP) is 2.90. The van der Waals surface area contributed by atoms with E-state index in [1.165, 1.54) is 0 Å². The zero-order valence-corrected chi connectivity index (χ0v) is 15.1. The second-order valence-corrected chi connectivity index (χ2v) is 6.09. The van der Waals surface area contributed by atoms with Crippen molar-refractivity contribution in [2.45, 2.75) is 25.9 Å². The van der Waals surface area contributed by atoms with Crippen LogP contribution in [-0.4, -0.2) is 32.4 Å². The van der Waals surface area contributed by atoms with E-state index in [1.807, 2.05) is 49.4 Å². The van der Waals surface area contributed by atoms with Gasteiger partial charge in [-0.25, -0.2) is 4.79 Å². The summed E-state index contributed by atoms with van der Waals surface area (Å²) < 4.78 is 16.4. The summed E-state index contributed by atoms with van der Waals surface area (Å²) in [7, 11) is 1.63. The molecule has 26 heavy (non-hydrogen) atoms. The normalized spacial score (nSPS) is 15.4. The fourth-order valence-corrected chi connectivity index (χ4v) is 2.88. The number of carbonyl (C=O) groups excluding carboxylic acids is 1. The zero-order valence-electron chi connectivity index (χ0n) is 15.1. The van der Waals surface area contributed by atoms with Gasteiger partial charge >= 0.3 is 6.03 Å². The van der Waals surface area contributed by atoms with Gasteiger partial charge in [-0.2, -0.15) is 0 Å². The maximum Gasteiger partial charge on any atom is 0.315 e. The predicted molar refractivity (Wildman–Crippen MR) is 99.0 cm³/mol. The number of rotatable bonds is 6. The molecule has 2 aromatic rings. The van der Waals surface area contributed by atoms with E-state index in [1.54, 1.807) is 7.11 Å². The first kappa shape index (κ1) is 17.9. The first-order chi connectivity index (χ1) is 12.7. The van der Waals surface area contributed by atoms with Gasteiger partial charge < -0.3 is 24.8 Å². The van der Waals surface area contributed by atoms with Crippen LogP contribution in [0, 0.1) is 0 Å².